The van der Waals surface area contributed by atoms with Gasteiger partial charge in [-0.2, -0.15) is 0 Å². The highest BCUT2D eigenvalue weighted by atomic mass is 31.2. The predicted molar refractivity (Wildman–Crippen MR) is 325 cm³/mol. The molecule has 0 bridgehead atoms. The summed E-state index contributed by atoms with van der Waals surface area (Å²) in [6.07, 6.45) is 68.4. The van der Waals surface area contributed by atoms with Gasteiger partial charge in [-0.15, -0.1) is 0 Å². The second-order valence-corrected chi connectivity index (χ2v) is 22.6. The Kier molecular flexibility index (Phi) is 57.7. The van der Waals surface area contributed by atoms with Crippen molar-refractivity contribution in [1.29, 1.82) is 0 Å². The topological polar surface area (TPSA) is 155 Å². The zero-order valence-electron chi connectivity index (χ0n) is 50.1. The van der Waals surface area contributed by atoms with Gasteiger partial charge >= 0.3 is 25.7 Å². The second-order valence-electron chi connectivity index (χ2n) is 21.2. The fraction of sp³-hybridized carbons (Fsp3) is 0.773. The van der Waals surface area contributed by atoms with Gasteiger partial charge in [0.2, 0.25) is 0 Å². The summed E-state index contributed by atoms with van der Waals surface area (Å²) in [4.78, 5) is 48.7. The number of hydrogen-bond donors (Lipinski definition) is 2. The number of aliphatic hydroxyl groups excluding tert-OH is 1. The van der Waals surface area contributed by atoms with Crippen LogP contribution in [0.5, 0.6) is 0 Å². The number of aliphatic hydroxyl groups is 1. The van der Waals surface area contributed by atoms with E-state index in [-0.39, 0.29) is 25.9 Å². The average molecular weight is 1120 g/mol. The molecule has 0 heterocycles. The molecule has 0 radical (unpaired) electrons. The van der Waals surface area contributed by atoms with Crippen LogP contribution in [0.25, 0.3) is 0 Å². The van der Waals surface area contributed by atoms with Crippen molar-refractivity contribution in [2.24, 2.45) is 0 Å². The standard InChI is InChI=1S/C66H117O11P/c1-4-7-10-13-16-19-22-25-28-30-31-33-36-39-42-45-48-51-54-57-66(70)77-63(59-73-64(68)55-52-49-46-43-40-37-34-27-24-21-18-15-12-9-6-3)61-75-78(71,72)74-60-62(58-67)76-65(69)56-53-50-47-44-41-38-35-32-29-26-23-20-17-14-11-8-5-2/h8,11,16-17,19-20,25-29,34,62-63,67H,4-7,9-10,12-15,18,21-24,30-33,35-61H2,1-3H3,(H,71,72)/b11-8-,19-16-,20-17-,28-25-,29-26-,34-27-. The summed E-state index contributed by atoms with van der Waals surface area (Å²) in [5, 5.41) is 9.85. The first kappa shape index (κ1) is 74.9. The molecule has 0 fully saturated rings. The summed E-state index contributed by atoms with van der Waals surface area (Å²) >= 11 is 0. The van der Waals surface area contributed by atoms with E-state index >= 15 is 0 Å². The van der Waals surface area contributed by atoms with Crippen LogP contribution in [0.1, 0.15) is 290 Å². The zero-order chi connectivity index (χ0) is 56.9. The number of phosphoric ester groups is 1. The molecule has 0 aromatic rings. The Bertz CT molecular complexity index is 1590. The number of esters is 3. The fourth-order valence-corrected chi connectivity index (χ4v) is 9.53. The van der Waals surface area contributed by atoms with Gasteiger partial charge in [0.25, 0.3) is 0 Å². The van der Waals surface area contributed by atoms with Gasteiger partial charge in [-0.25, -0.2) is 4.57 Å². The molecule has 0 amide bonds. The van der Waals surface area contributed by atoms with Crippen molar-refractivity contribution in [3.63, 3.8) is 0 Å². The number of carbonyl (C=O) groups is 3. The summed E-state index contributed by atoms with van der Waals surface area (Å²) in [5.74, 6) is -1.48. The molecule has 2 N–H and O–H groups in total. The minimum absolute atomic E-state index is 0.160. The normalized spacial score (nSPS) is 13.8. The van der Waals surface area contributed by atoms with E-state index in [1.54, 1.807) is 0 Å². The maximum atomic E-state index is 13.0. The molecule has 3 unspecified atom stereocenters. The average Bonchev–Trinajstić information content (AvgIpc) is 3.43. The maximum Gasteiger partial charge on any atom is 0.472 e. The van der Waals surface area contributed by atoms with Crippen LogP contribution in [0.2, 0.25) is 0 Å². The Hall–Kier alpha value is -3.08. The van der Waals surface area contributed by atoms with Crippen molar-refractivity contribution < 1.29 is 52.2 Å². The SMILES string of the molecule is CC/C=C\C/C=C\C/C=C\CCCCCCCCCC(=O)OC(CO)COP(=O)(O)OCC(COC(=O)CCCCCCC/C=C\CCCCCCCC)OC(=O)CCCCCCCCCCC/C=C\C/C=C\CCCCC. The predicted octanol–water partition coefficient (Wildman–Crippen LogP) is 19.3. The van der Waals surface area contributed by atoms with Crippen LogP contribution in [-0.4, -0.2) is 66.5 Å². The molecular weight excluding hydrogens is 1000 g/mol. The number of carbonyl (C=O) groups excluding carboxylic acids is 3. The highest BCUT2D eigenvalue weighted by molar-refractivity contribution is 7.47. The molecule has 0 aliphatic carbocycles. The van der Waals surface area contributed by atoms with Crippen LogP contribution >= 0.6 is 7.82 Å². The first-order chi connectivity index (χ1) is 38.2. The van der Waals surface area contributed by atoms with Gasteiger partial charge in [0.05, 0.1) is 19.8 Å². The Morgan fingerprint density at radius 2 is 0.667 bits per heavy atom. The summed E-state index contributed by atoms with van der Waals surface area (Å²) in [7, 11) is -4.76. The Morgan fingerprint density at radius 3 is 1.06 bits per heavy atom. The molecule has 0 saturated heterocycles. The van der Waals surface area contributed by atoms with Gasteiger partial charge < -0.3 is 24.2 Å². The second kappa shape index (κ2) is 60.0. The molecule has 0 spiro atoms. The third-order valence-corrected chi connectivity index (χ3v) is 14.5. The van der Waals surface area contributed by atoms with E-state index in [0.717, 1.165) is 122 Å². The molecule has 12 heteroatoms. The minimum Gasteiger partial charge on any atom is -0.462 e. The van der Waals surface area contributed by atoms with Crippen LogP contribution in [0.4, 0.5) is 0 Å². The van der Waals surface area contributed by atoms with Crippen LogP contribution in [0, 0.1) is 0 Å². The lowest BCUT2D eigenvalue weighted by Gasteiger charge is -2.21. The molecule has 78 heavy (non-hydrogen) atoms. The van der Waals surface area contributed by atoms with E-state index in [0.29, 0.717) is 19.3 Å². The largest absolute Gasteiger partial charge is 0.472 e. The minimum atomic E-state index is -4.76. The third-order valence-electron chi connectivity index (χ3n) is 13.6. The van der Waals surface area contributed by atoms with E-state index in [9.17, 15) is 28.9 Å². The summed E-state index contributed by atoms with van der Waals surface area (Å²) in [6, 6.07) is 0. The first-order valence-corrected chi connectivity index (χ1v) is 33.3. The summed E-state index contributed by atoms with van der Waals surface area (Å²) in [5.41, 5.74) is 0. The van der Waals surface area contributed by atoms with Crippen LogP contribution < -0.4 is 0 Å². The van der Waals surface area contributed by atoms with E-state index in [1.165, 1.54) is 109 Å². The molecular formula is C66H117O11P. The Balaban J connectivity index is 4.70. The van der Waals surface area contributed by atoms with Crippen molar-refractivity contribution in [2.45, 2.75) is 303 Å². The first-order valence-electron chi connectivity index (χ1n) is 31.8. The quantitative estimate of drug-likeness (QED) is 0.0197. The van der Waals surface area contributed by atoms with E-state index < -0.39 is 57.8 Å². The van der Waals surface area contributed by atoms with Gasteiger partial charge in [0, 0.05) is 19.3 Å². The molecule has 0 rings (SSSR count). The lowest BCUT2D eigenvalue weighted by atomic mass is 10.1. The number of rotatable bonds is 59. The lowest BCUT2D eigenvalue weighted by molar-refractivity contribution is -0.161. The van der Waals surface area contributed by atoms with Crippen LogP contribution in [0.15, 0.2) is 72.9 Å². The van der Waals surface area contributed by atoms with Crippen LogP contribution in [0.3, 0.4) is 0 Å². The number of unbranched alkanes of at least 4 members (excludes halogenated alkanes) is 30. The van der Waals surface area contributed by atoms with Crippen molar-refractivity contribution >= 4 is 25.7 Å². The molecule has 0 aliphatic rings. The monoisotopic (exact) mass is 1120 g/mol. The van der Waals surface area contributed by atoms with E-state index in [4.69, 9.17) is 23.3 Å². The summed E-state index contributed by atoms with van der Waals surface area (Å²) in [6.45, 7) is 4.52. The van der Waals surface area contributed by atoms with Crippen molar-refractivity contribution in [1.82, 2.24) is 0 Å². The lowest BCUT2D eigenvalue weighted by Crippen LogP contribution is -2.30. The maximum absolute atomic E-state index is 13.0. The van der Waals surface area contributed by atoms with Crippen molar-refractivity contribution in [3.8, 4) is 0 Å². The van der Waals surface area contributed by atoms with Gasteiger partial charge in [0.1, 0.15) is 12.7 Å². The third kappa shape index (κ3) is 57.6. The van der Waals surface area contributed by atoms with E-state index in [2.05, 4.69) is 93.7 Å². The molecule has 0 saturated carbocycles. The number of ether oxygens (including phenoxy) is 3. The Morgan fingerprint density at radius 1 is 0.372 bits per heavy atom. The summed E-state index contributed by atoms with van der Waals surface area (Å²) < 4.78 is 39.7. The van der Waals surface area contributed by atoms with Gasteiger partial charge in [-0.1, -0.05) is 235 Å². The molecule has 0 aromatic heterocycles. The van der Waals surface area contributed by atoms with Gasteiger partial charge in [0.15, 0.2) is 6.10 Å². The van der Waals surface area contributed by atoms with Crippen molar-refractivity contribution in [3.05, 3.63) is 72.9 Å². The smallest absolute Gasteiger partial charge is 0.462 e. The molecule has 0 aliphatic heterocycles. The molecule has 3 atom stereocenters. The fourth-order valence-electron chi connectivity index (χ4n) is 8.75. The molecule has 452 valence electrons. The van der Waals surface area contributed by atoms with Crippen molar-refractivity contribution in [2.75, 3.05) is 26.4 Å². The van der Waals surface area contributed by atoms with Gasteiger partial charge in [-0.05, 0) is 109 Å². The highest BCUT2D eigenvalue weighted by Crippen LogP contribution is 2.43. The Labute approximate surface area is 478 Å². The van der Waals surface area contributed by atoms with Gasteiger partial charge in [-0.3, -0.25) is 23.4 Å². The van der Waals surface area contributed by atoms with Crippen LogP contribution in [-0.2, 0) is 42.2 Å². The highest BCUT2D eigenvalue weighted by Gasteiger charge is 2.28. The van der Waals surface area contributed by atoms with E-state index in [1.807, 2.05) is 0 Å². The molecule has 11 nitrogen and oxygen atoms in total. The zero-order valence-corrected chi connectivity index (χ0v) is 51.0. The number of allylic oxidation sites excluding steroid dienone is 12. The number of phosphoric acid groups is 1. The number of hydrogen-bond acceptors (Lipinski definition) is 10. The molecule has 0 aromatic carbocycles.